The molecule has 2 rings (SSSR count). The van der Waals surface area contributed by atoms with E-state index in [-0.39, 0.29) is 6.04 Å². The molecule has 2 N–H and O–H groups in total. The Morgan fingerprint density at radius 1 is 1.37 bits per heavy atom. The topological polar surface area (TPSA) is 42.1 Å². The molecule has 1 aliphatic rings. The Morgan fingerprint density at radius 2 is 2.05 bits per heavy atom. The highest BCUT2D eigenvalue weighted by molar-refractivity contribution is 8.00. The Bertz CT molecular complexity index is 383. The quantitative estimate of drug-likeness (QED) is 0.920. The van der Waals surface area contributed by atoms with E-state index < -0.39 is 0 Å². The average Bonchev–Trinajstić information content (AvgIpc) is 2.38. The van der Waals surface area contributed by atoms with Gasteiger partial charge in [-0.25, -0.2) is 4.98 Å². The third kappa shape index (κ3) is 4.11. The fourth-order valence-corrected chi connectivity index (χ4v) is 3.86. The van der Waals surface area contributed by atoms with E-state index in [1.54, 1.807) is 0 Å². The Kier molecular flexibility index (Phi) is 5.11. The lowest BCUT2D eigenvalue weighted by molar-refractivity contribution is 0.644. The molecular weight excluding hydrogens is 254 g/mol. The van der Waals surface area contributed by atoms with Gasteiger partial charge in [-0.05, 0) is 24.5 Å². The van der Waals surface area contributed by atoms with Crippen LogP contribution in [0.5, 0.6) is 0 Å². The van der Waals surface area contributed by atoms with Crippen molar-refractivity contribution in [1.82, 2.24) is 4.98 Å². The molecule has 1 aromatic heterocycles. The highest BCUT2D eigenvalue weighted by Crippen LogP contribution is 2.27. The summed E-state index contributed by atoms with van der Waals surface area (Å²) < 4.78 is 0. The number of thioether (sulfide) groups is 1. The number of rotatable bonds is 4. The van der Waals surface area contributed by atoms with E-state index in [1.807, 2.05) is 6.20 Å². The second-order valence-corrected chi connectivity index (χ2v) is 7.44. The van der Waals surface area contributed by atoms with Crippen LogP contribution < -0.4 is 10.6 Å². The van der Waals surface area contributed by atoms with Crippen molar-refractivity contribution in [2.75, 3.05) is 18.0 Å². The van der Waals surface area contributed by atoms with Crippen LogP contribution in [0.25, 0.3) is 0 Å². The van der Waals surface area contributed by atoms with Crippen molar-refractivity contribution in [3.8, 4) is 0 Å². The molecule has 1 fully saturated rings. The van der Waals surface area contributed by atoms with Crippen molar-refractivity contribution < 1.29 is 0 Å². The van der Waals surface area contributed by atoms with Gasteiger partial charge in [0.2, 0.25) is 0 Å². The third-order valence-electron chi connectivity index (χ3n) is 3.57. The first-order valence-electron chi connectivity index (χ1n) is 7.19. The Balaban J connectivity index is 2.01. The molecule has 2 heterocycles. The summed E-state index contributed by atoms with van der Waals surface area (Å²) in [7, 11) is 0. The summed E-state index contributed by atoms with van der Waals surface area (Å²) in [5.74, 6) is 1.10. The molecule has 0 bridgehead atoms. The van der Waals surface area contributed by atoms with E-state index in [2.05, 4.69) is 54.5 Å². The van der Waals surface area contributed by atoms with E-state index in [0.29, 0.717) is 10.5 Å². The van der Waals surface area contributed by atoms with Crippen LogP contribution in [0.1, 0.15) is 32.8 Å². The zero-order chi connectivity index (χ0) is 13.8. The molecule has 3 nitrogen and oxygen atoms in total. The van der Waals surface area contributed by atoms with Gasteiger partial charge in [-0.1, -0.05) is 26.8 Å². The van der Waals surface area contributed by atoms with Gasteiger partial charge in [0.25, 0.3) is 0 Å². The fraction of sp³-hybridized carbons (Fsp3) is 0.667. The molecule has 1 aromatic rings. The van der Waals surface area contributed by atoms with Crippen LogP contribution in [0.4, 0.5) is 5.82 Å². The second kappa shape index (κ2) is 6.62. The van der Waals surface area contributed by atoms with E-state index in [1.165, 1.54) is 5.56 Å². The van der Waals surface area contributed by atoms with Gasteiger partial charge in [-0.2, -0.15) is 11.8 Å². The molecule has 3 unspecified atom stereocenters. The van der Waals surface area contributed by atoms with Crippen LogP contribution in [-0.4, -0.2) is 34.6 Å². The normalized spacial score (nSPS) is 25.4. The minimum Gasteiger partial charge on any atom is -0.354 e. The van der Waals surface area contributed by atoms with Gasteiger partial charge in [0.05, 0.1) is 0 Å². The number of hydrogen-bond acceptors (Lipinski definition) is 4. The Hall–Kier alpha value is -0.740. The molecule has 0 aromatic carbocycles. The number of pyridine rings is 1. The monoisotopic (exact) mass is 279 g/mol. The van der Waals surface area contributed by atoms with Gasteiger partial charge in [0.1, 0.15) is 5.82 Å². The van der Waals surface area contributed by atoms with E-state index in [4.69, 9.17) is 5.73 Å². The van der Waals surface area contributed by atoms with Gasteiger partial charge in [0.15, 0.2) is 0 Å². The Morgan fingerprint density at radius 3 is 2.58 bits per heavy atom. The van der Waals surface area contributed by atoms with Crippen molar-refractivity contribution in [2.45, 2.75) is 50.2 Å². The standard InChI is InChI=1S/C15H25N3S/c1-4-14(16)7-13-5-6-15(17-8-13)18-9-11(2)19-12(3)10-18/h5-6,8,11-12,14H,4,7,9-10,16H2,1-3H3. The van der Waals surface area contributed by atoms with Crippen LogP contribution in [0.2, 0.25) is 0 Å². The molecular formula is C15H25N3S. The van der Waals surface area contributed by atoms with Gasteiger partial charge in [-0.15, -0.1) is 0 Å². The van der Waals surface area contributed by atoms with Gasteiger partial charge in [0, 0.05) is 35.8 Å². The van der Waals surface area contributed by atoms with Gasteiger partial charge >= 0.3 is 0 Å². The zero-order valence-electron chi connectivity index (χ0n) is 12.2. The highest BCUT2D eigenvalue weighted by Gasteiger charge is 2.22. The summed E-state index contributed by atoms with van der Waals surface area (Å²) in [4.78, 5) is 7.02. The molecule has 0 radical (unpaired) electrons. The van der Waals surface area contributed by atoms with Crippen molar-refractivity contribution in [2.24, 2.45) is 5.73 Å². The molecule has 3 atom stereocenters. The first-order chi connectivity index (χ1) is 9.08. The van der Waals surface area contributed by atoms with Crippen LogP contribution in [0.3, 0.4) is 0 Å². The van der Waals surface area contributed by atoms with Crippen molar-refractivity contribution in [3.63, 3.8) is 0 Å². The number of nitrogens with zero attached hydrogens (tertiary/aromatic N) is 2. The average molecular weight is 279 g/mol. The van der Waals surface area contributed by atoms with Crippen molar-refractivity contribution >= 4 is 17.6 Å². The summed E-state index contributed by atoms with van der Waals surface area (Å²) in [6.45, 7) is 8.90. The first kappa shape index (κ1) is 14.7. The molecule has 0 saturated carbocycles. The summed E-state index contributed by atoms with van der Waals surface area (Å²) >= 11 is 2.07. The predicted molar refractivity (Wildman–Crippen MR) is 84.9 cm³/mol. The van der Waals surface area contributed by atoms with Crippen molar-refractivity contribution in [3.05, 3.63) is 23.9 Å². The van der Waals surface area contributed by atoms with Crippen LogP contribution >= 0.6 is 11.8 Å². The molecule has 0 aliphatic carbocycles. The first-order valence-corrected chi connectivity index (χ1v) is 8.13. The van der Waals surface area contributed by atoms with E-state index >= 15 is 0 Å². The summed E-state index contributed by atoms with van der Waals surface area (Å²) in [5, 5.41) is 1.36. The molecule has 106 valence electrons. The lowest BCUT2D eigenvalue weighted by Crippen LogP contribution is -2.40. The zero-order valence-corrected chi connectivity index (χ0v) is 13.0. The van der Waals surface area contributed by atoms with Crippen LogP contribution in [0.15, 0.2) is 18.3 Å². The number of nitrogens with two attached hydrogens (primary N) is 1. The summed E-state index contributed by atoms with van der Waals surface area (Å²) in [6, 6.07) is 4.57. The number of hydrogen-bond donors (Lipinski definition) is 1. The SMILES string of the molecule is CCC(N)Cc1ccc(N2CC(C)SC(C)C2)nc1. The molecule has 4 heteroatoms. The van der Waals surface area contributed by atoms with E-state index in [0.717, 1.165) is 31.7 Å². The third-order valence-corrected chi connectivity index (χ3v) is 4.80. The summed E-state index contributed by atoms with van der Waals surface area (Å²) in [5.41, 5.74) is 7.22. The van der Waals surface area contributed by atoms with Crippen LogP contribution in [0, 0.1) is 0 Å². The second-order valence-electron chi connectivity index (χ2n) is 5.56. The molecule has 19 heavy (non-hydrogen) atoms. The molecule has 0 spiro atoms. The minimum atomic E-state index is 0.249. The highest BCUT2D eigenvalue weighted by atomic mass is 32.2. The molecule has 0 amide bonds. The molecule has 1 aliphatic heterocycles. The molecule has 1 saturated heterocycles. The number of aromatic nitrogens is 1. The smallest absolute Gasteiger partial charge is 0.128 e. The maximum atomic E-state index is 5.98. The minimum absolute atomic E-state index is 0.249. The maximum absolute atomic E-state index is 5.98. The lowest BCUT2D eigenvalue weighted by atomic mass is 10.1. The Labute approximate surface area is 121 Å². The largest absolute Gasteiger partial charge is 0.354 e. The maximum Gasteiger partial charge on any atom is 0.128 e. The lowest BCUT2D eigenvalue weighted by Gasteiger charge is -2.35. The van der Waals surface area contributed by atoms with Gasteiger partial charge in [-0.3, -0.25) is 0 Å². The summed E-state index contributed by atoms with van der Waals surface area (Å²) in [6.07, 6.45) is 3.93. The number of anilines is 1. The fourth-order valence-electron chi connectivity index (χ4n) is 2.54. The van der Waals surface area contributed by atoms with E-state index in [9.17, 15) is 0 Å². The van der Waals surface area contributed by atoms with Gasteiger partial charge < -0.3 is 10.6 Å². The van der Waals surface area contributed by atoms with Crippen molar-refractivity contribution in [1.29, 1.82) is 0 Å². The predicted octanol–water partition coefficient (Wildman–Crippen LogP) is 2.69. The van der Waals surface area contributed by atoms with Crippen LogP contribution in [-0.2, 0) is 6.42 Å².